The number of fused-ring (bicyclic) bond motifs is 1. The monoisotopic (exact) mass is 498 g/mol. The van der Waals surface area contributed by atoms with Crippen LogP contribution in [0.3, 0.4) is 0 Å². The predicted octanol–water partition coefficient (Wildman–Crippen LogP) is 3.58. The van der Waals surface area contributed by atoms with E-state index in [4.69, 9.17) is 20.3 Å². The number of aromatic nitrogens is 1. The van der Waals surface area contributed by atoms with Gasteiger partial charge in [-0.15, -0.1) is 0 Å². The summed E-state index contributed by atoms with van der Waals surface area (Å²) in [6, 6.07) is 6.11. The highest BCUT2D eigenvalue weighted by Gasteiger charge is 2.25. The van der Waals surface area contributed by atoms with Crippen LogP contribution in [0.15, 0.2) is 35.2 Å². The number of pyridine rings is 1. The molecule has 0 atom stereocenters. The van der Waals surface area contributed by atoms with Gasteiger partial charge in [0, 0.05) is 29.6 Å². The third-order valence-electron chi connectivity index (χ3n) is 4.99. The van der Waals surface area contributed by atoms with Gasteiger partial charge in [-0.2, -0.15) is 8.78 Å². The minimum Gasteiger partial charge on any atom is -0.481 e. The van der Waals surface area contributed by atoms with Crippen LogP contribution in [0, 0.1) is 5.82 Å². The molecule has 0 aliphatic heterocycles. The first-order valence-electron chi connectivity index (χ1n) is 9.94. The number of alkyl halides is 2. The van der Waals surface area contributed by atoms with Crippen LogP contribution < -0.4 is 15.2 Å². The van der Waals surface area contributed by atoms with Gasteiger partial charge in [0.05, 0.1) is 10.3 Å². The highest BCUT2D eigenvalue weighted by Crippen LogP contribution is 2.41. The zero-order valence-electron chi connectivity index (χ0n) is 18.1. The Bertz CT molecular complexity index is 1360. The summed E-state index contributed by atoms with van der Waals surface area (Å²) in [5.41, 5.74) is 6.59. The van der Waals surface area contributed by atoms with Gasteiger partial charge in [0.1, 0.15) is 22.8 Å². The quantitative estimate of drug-likeness (QED) is 0.429. The molecule has 3 rings (SSSR count). The van der Waals surface area contributed by atoms with Crippen molar-refractivity contribution in [3.05, 3.63) is 53.0 Å². The Kier molecular flexibility index (Phi) is 7.20. The number of hydrogen-bond acceptors (Lipinski definition) is 7. The van der Waals surface area contributed by atoms with Crippen LogP contribution in [0.25, 0.3) is 10.9 Å². The maximum Gasteiger partial charge on any atom is 0.387 e. The van der Waals surface area contributed by atoms with E-state index in [1.165, 1.54) is 18.2 Å². The molecule has 0 saturated heterocycles. The minimum absolute atomic E-state index is 0.0171. The van der Waals surface area contributed by atoms with E-state index in [2.05, 4.69) is 4.98 Å². The van der Waals surface area contributed by atoms with Crippen LogP contribution in [0.1, 0.15) is 23.7 Å². The molecule has 0 radical (unpaired) electrons. The van der Waals surface area contributed by atoms with E-state index >= 15 is 0 Å². The van der Waals surface area contributed by atoms with Crippen molar-refractivity contribution < 1.29 is 41.0 Å². The zero-order valence-corrected chi connectivity index (χ0v) is 19.0. The number of sulfone groups is 1. The smallest absolute Gasteiger partial charge is 0.387 e. The molecule has 0 amide bonds. The first kappa shape index (κ1) is 25.1. The second-order valence-corrected chi connectivity index (χ2v) is 9.38. The van der Waals surface area contributed by atoms with E-state index in [0.717, 1.165) is 18.4 Å². The van der Waals surface area contributed by atoms with Crippen molar-refractivity contribution in [1.29, 1.82) is 0 Å². The Morgan fingerprint density at radius 2 is 1.94 bits per heavy atom. The van der Waals surface area contributed by atoms with Crippen molar-refractivity contribution >= 4 is 32.4 Å². The van der Waals surface area contributed by atoms with Gasteiger partial charge in [-0.05, 0) is 36.2 Å². The molecule has 8 nitrogen and oxygen atoms in total. The number of nitrogens with two attached hydrogens (primary N) is 1. The maximum atomic E-state index is 14.6. The normalized spacial score (nSPS) is 11.7. The third-order valence-corrected chi connectivity index (χ3v) is 6.10. The first-order chi connectivity index (χ1) is 15.9. The van der Waals surface area contributed by atoms with E-state index in [9.17, 15) is 26.4 Å². The summed E-state index contributed by atoms with van der Waals surface area (Å²) in [5, 5.41) is 8.69. The van der Waals surface area contributed by atoms with Gasteiger partial charge in [-0.1, -0.05) is 13.0 Å². The highest BCUT2D eigenvalue weighted by atomic mass is 32.2. The molecule has 0 fully saturated rings. The van der Waals surface area contributed by atoms with Crippen molar-refractivity contribution in [3.63, 3.8) is 0 Å². The molecule has 2 aromatic carbocycles. The van der Waals surface area contributed by atoms with Crippen molar-refractivity contribution in [1.82, 2.24) is 4.98 Å². The van der Waals surface area contributed by atoms with Crippen LogP contribution in [0.4, 0.5) is 18.9 Å². The molecule has 0 aliphatic carbocycles. The van der Waals surface area contributed by atoms with Gasteiger partial charge >= 0.3 is 12.6 Å². The van der Waals surface area contributed by atoms with Gasteiger partial charge in [-0.3, -0.25) is 0 Å². The second kappa shape index (κ2) is 9.75. The average molecular weight is 498 g/mol. The van der Waals surface area contributed by atoms with Crippen molar-refractivity contribution in [2.24, 2.45) is 0 Å². The molecule has 182 valence electrons. The Hall–Kier alpha value is -3.54. The van der Waals surface area contributed by atoms with Crippen LogP contribution in [-0.4, -0.2) is 44.0 Å². The molecule has 0 aliphatic rings. The summed E-state index contributed by atoms with van der Waals surface area (Å²) in [7, 11) is -3.53. The molecule has 0 spiro atoms. The average Bonchev–Trinajstić information content (AvgIpc) is 2.74. The molecule has 1 heterocycles. The van der Waals surface area contributed by atoms with E-state index < -0.39 is 40.6 Å². The first-order valence-corrected chi connectivity index (χ1v) is 11.8. The number of carboxylic acids is 1. The summed E-state index contributed by atoms with van der Waals surface area (Å²) in [6.45, 7) is -2.42. The number of nitrogens with zero attached hydrogens (tertiary/aromatic N) is 1. The Balaban J connectivity index is 2.28. The van der Waals surface area contributed by atoms with Crippen LogP contribution in [-0.2, 0) is 27.5 Å². The minimum atomic E-state index is -3.53. The number of rotatable bonds is 9. The molecule has 1 aromatic heterocycles. The van der Waals surface area contributed by atoms with E-state index in [0.29, 0.717) is 5.56 Å². The lowest BCUT2D eigenvalue weighted by molar-refractivity contribution is -0.139. The number of halogens is 3. The van der Waals surface area contributed by atoms with Gasteiger partial charge in [0.25, 0.3) is 0 Å². The lowest BCUT2D eigenvalue weighted by atomic mass is 9.97. The summed E-state index contributed by atoms with van der Waals surface area (Å²) in [6.07, 6.45) is 1.14. The molecule has 34 heavy (non-hydrogen) atoms. The molecule has 3 N–H and O–H groups in total. The standard InChI is InChI=1S/C22H21F3N2O6S/c1-3-16-13(8-11-4-5-12(9-15(11)26)34(2,30)31)21(33-22(24)25)19-17(32-10-18(28)29)7-6-14(23)20(19)27-16/h4-7,9,22H,3,8,10,26H2,1-2H3,(H,28,29). The van der Waals surface area contributed by atoms with Gasteiger partial charge in [0.2, 0.25) is 0 Å². The predicted molar refractivity (Wildman–Crippen MR) is 118 cm³/mol. The van der Waals surface area contributed by atoms with Crippen LogP contribution in [0.2, 0.25) is 0 Å². The number of aryl methyl sites for hydroxylation is 1. The van der Waals surface area contributed by atoms with Gasteiger partial charge < -0.3 is 20.3 Å². The largest absolute Gasteiger partial charge is 0.481 e. The van der Waals surface area contributed by atoms with Crippen LogP contribution >= 0.6 is 0 Å². The van der Waals surface area contributed by atoms with Gasteiger partial charge in [0.15, 0.2) is 16.4 Å². The fourth-order valence-electron chi connectivity index (χ4n) is 3.47. The highest BCUT2D eigenvalue weighted by molar-refractivity contribution is 7.90. The summed E-state index contributed by atoms with van der Waals surface area (Å²) in [5.74, 6) is -2.80. The molecule has 12 heteroatoms. The fraction of sp³-hybridized carbons (Fsp3) is 0.273. The zero-order chi connectivity index (χ0) is 25.2. The van der Waals surface area contributed by atoms with Crippen molar-refractivity contribution in [2.45, 2.75) is 31.3 Å². The summed E-state index contributed by atoms with van der Waals surface area (Å²) < 4.78 is 75.1. The number of carboxylic acid groups (broad SMARTS) is 1. The maximum absolute atomic E-state index is 14.6. The lowest BCUT2D eigenvalue weighted by Gasteiger charge is -2.20. The lowest BCUT2D eigenvalue weighted by Crippen LogP contribution is -2.13. The summed E-state index contributed by atoms with van der Waals surface area (Å²) in [4.78, 5) is 15.2. The Morgan fingerprint density at radius 1 is 1.24 bits per heavy atom. The number of nitrogen functional groups attached to an aromatic ring is 1. The number of aliphatic carboxylic acids is 1. The van der Waals surface area contributed by atoms with E-state index in [1.807, 2.05) is 0 Å². The molecular formula is C22H21F3N2O6S. The number of anilines is 1. The molecule has 0 saturated carbocycles. The SMILES string of the molecule is CCc1nc2c(F)ccc(OCC(=O)O)c2c(OC(F)F)c1Cc1ccc(S(C)(=O)=O)cc1N. The number of hydrogen-bond donors (Lipinski definition) is 2. The van der Waals surface area contributed by atoms with Gasteiger partial charge in [-0.25, -0.2) is 22.6 Å². The molecule has 0 unspecified atom stereocenters. The van der Waals surface area contributed by atoms with Crippen LogP contribution in [0.5, 0.6) is 11.5 Å². The topological polar surface area (TPSA) is 129 Å². The second-order valence-electron chi connectivity index (χ2n) is 7.36. The molecular weight excluding hydrogens is 477 g/mol. The fourth-order valence-corrected chi connectivity index (χ4v) is 4.13. The van der Waals surface area contributed by atoms with E-state index in [-0.39, 0.29) is 51.3 Å². The number of benzene rings is 2. The molecule has 0 bridgehead atoms. The third kappa shape index (κ3) is 5.33. The molecule has 3 aromatic rings. The van der Waals surface area contributed by atoms with Crippen molar-refractivity contribution in [3.8, 4) is 11.5 Å². The Labute approximate surface area is 193 Å². The van der Waals surface area contributed by atoms with E-state index in [1.54, 1.807) is 6.92 Å². The van der Waals surface area contributed by atoms with Crippen molar-refractivity contribution in [2.75, 3.05) is 18.6 Å². The number of ether oxygens (including phenoxy) is 2. The number of carbonyl (C=O) groups is 1. The Morgan fingerprint density at radius 3 is 2.50 bits per heavy atom. The summed E-state index contributed by atoms with van der Waals surface area (Å²) >= 11 is 0.